The summed E-state index contributed by atoms with van der Waals surface area (Å²) in [6, 6.07) is 2.23. The number of hydrogen-bond acceptors (Lipinski definition) is 3. The maximum Gasteiger partial charge on any atom is 0.435 e. The Morgan fingerprint density at radius 1 is 1.35 bits per heavy atom. The molecule has 2 rings (SSSR count). The summed E-state index contributed by atoms with van der Waals surface area (Å²) >= 11 is 5.63. The third-order valence-electron chi connectivity index (χ3n) is 1.96. The van der Waals surface area contributed by atoms with Gasteiger partial charge in [-0.05, 0) is 12.1 Å². The molecule has 0 aliphatic rings. The topological polar surface area (TPSA) is 56.7 Å². The lowest BCUT2D eigenvalue weighted by Gasteiger charge is -2.05. The first-order valence-electron chi connectivity index (χ1n) is 4.42. The standard InChI is InChI=1S/C9H6ClF3N4/c10-5-3-6(14)8(15-4-5)17-2-1-7(16-17)9(11,12)13/h1-4H,14H2. The summed E-state index contributed by atoms with van der Waals surface area (Å²) in [5.41, 5.74) is 4.72. The predicted octanol–water partition coefficient (Wildman–Crippen LogP) is 2.52. The zero-order chi connectivity index (χ0) is 12.6. The maximum absolute atomic E-state index is 12.3. The summed E-state index contributed by atoms with van der Waals surface area (Å²) in [5, 5.41) is 3.65. The zero-order valence-corrected chi connectivity index (χ0v) is 9.00. The number of nitrogens with zero attached hydrogens (tertiary/aromatic N) is 3. The van der Waals surface area contributed by atoms with Crippen LogP contribution < -0.4 is 5.73 Å². The molecule has 0 aliphatic carbocycles. The fourth-order valence-electron chi connectivity index (χ4n) is 1.23. The zero-order valence-electron chi connectivity index (χ0n) is 8.24. The predicted molar refractivity (Wildman–Crippen MR) is 55.8 cm³/mol. The van der Waals surface area contributed by atoms with Crippen LogP contribution in [-0.2, 0) is 6.18 Å². The van der Waals surface area contributed by atoms with Crippen LogP contribution in [-0.4, -0.2) is 14.8 Å². The Labute approximate surface area is 98.8 Å². The Hall–Kier alpha value is -1.76. The molecule has 0 atom stereocenters. The molecule has 2 aromatic heterocycles. The van der Waals surface area contributed by atoms with Gasteiger partial charge in [0.1, 0.15) is 0 Å². The minimum Gasteiger partial charge on any atom is -0.396 e. The van der Waals surface area contributed by atoms with Gasteiger partial charge in [-0.15, -0.1) is 0 Å². The molecular weight excluding hydrogens is 257 g/mol. The highest BCUT2D eigenvalue weighted by Crippen LogP contribution is 2.28. The van der Waals surface area contributed by atoms with E-state index in [9.17, 15) is 13.2 Å². The SMILES string of the molecule is Nc1cc(Cl)cnc1-n1ccc(C(F)(F)F)n1. The molecule has 0 fully saturated rings. The molecule has 90 valence electrons. The molecule has 0 saturated carbocycles. The van der Waals surface area contributed by atoms with Gasteiger partial charge in [0, 0.05) is 12.4 Å². The first kappa shape index (κ1) is 11.7. The lowest BCUT2D eigenvalue weighted by Crippen LogP contribution is -2.08. The van der Waals surface area contributed by atoms with Crippen LogP contribution in [0, 0.1) is 0 Å². The van der Waals surface area contributed by atoms with E-state index in [0.29, 0.717) is 5.02 Å². The number of nitrogens with two attached hydrogens (primary N) is 1. The molecule has 0 aromatic carbocycles. The van der Waals surface area contributed by atoms with E-state index in [1.807, 2.05) is 0 Å². The first-order chi connectivity index (χ1) is 7.88. The van der Waals surface area contributed by atoms with Crippen LogP contribution in [0.15, 0.2) is 24.5 Å². The molecule has 0 unspecified atom stereocenters. The summed E-state index contributed by atoms with van der Waals surface area (Å²) in [6.45, 7) is 0. The van der Waals surface area contributed by atoms with Crippen LogP contribution in [0.2, 0.25) is 5.02 Å². The molecule has 0 aliphatic heterocycles. The fraction of sp³-hybridized carbons (Fsp3) is 0.111. The number of anilines is 1. The first-order valence-corrected chi connectivity index (χ1v) is 4.80. The molecule has 4 nitrogen and oxygen atoms in total. The van der Waals surface area contributed by atoms with Crippen LogP contribution in [0.1, 0.15) is 5.69 Å². The van der Waals surface area contributed by atoms with Crippen molar-refractivity contribution in [3.05, 3.63) is 35.2 Å². The van der Waals surface area contributed by atoms with Gasteiger partial charge in [-0.3, -0.25) is 0 Å². The Bertz CT molecular complexity index is 549. The van der Waals surface area contributed by atoms with E-state index in [4.69, 9.17) is 17.3 Å². The fourth-order valence-corrected chi connectivity index (χ4v) is 1.40. The van der Waals surface area contributed by atoms with Crippen molar-refractivity contribution in [1.82, 2.24) is 14.8 Å². The summed E-state index contributed by atoms with van der Waals surface area (Å²) in [7, 11) is 0. The summed E-state index contributed by atoms with van der Waals surface area (Å²) < 4.78 is 38.0. The van der Waals surface area contributed by atoms with Gasteiger partial charge < -0.3 is 5.73 Å². The monoisotopic (exact) mass is 262 g/mol. The van der Waals surface area contributed by atoms with Crippen molar-refractivity contribution in [2.45, 2.75) is 6.18 Å². The average Bonchev–Trinajstić information content (AvgIpc) is 2.65. The molecule has 0 saturated heterocycles. The molecule has 0 spiro atoms. The van der Waals surface area contributed by atoms with Gasteiger partial charge in [0.2, 0.25) is 0 Å². The molecule has 2 heterocycles. The lowest BCUT2D eigenvalue weighted by atomic mass is 10.4. The second kappa shape index (κ2) is 3.92. The van der Waals surface area contributed by atoms with Crippen molar-refractivity contribution in [3.63, 3.8) is 0 Å². The van der Waals surface area contributed by atoms with Crippen molar-refractivity contribution in [2.24, 2.45) is 0 Å². The smallest absolute Gasteiger partial charge is 0.396 e. The normalized spacial score (nSPS) is 11.8. The van der Waals surface area contributed by atoms with Gasteiger partial charge in [0.25, 0.3) is 0 Å². The third kappa shape index (κ3) is 2.33. The molecule has 2 N–H and O–H groups in total. The largest absolute Gasteiger partial charge is 0.435 e. The summed E-state index contributed by atoms with van der Waals surface area (Å²) in [6.07, 6.45) is -2.08. The molecule has 0 amide bonds. The molecule has 0 bridgehead atoms. The number of rotatable bonds is 1. The van der Waals surface area contributed by atoms with E-state index in [-0.39, 0.29) is 11.5 Å². The van der Waals surface area contributed by atoms with Gasteiger partial charge in [-0.1, -0.05) is 11.6 Å². The number of pyridine rings is 1. The molecule has 2 aromatic rings. The van der Waals surface area contributed by atoms with Crippen molar-refractivity contribution in [3.8, 4) is 5.82 Å². The van der Waals surface area contributed by atoms with Gasteiger partial charge in [-0.25, -0.2) is 9.67 Å². The maximum atomic E-state index is 12.3. The minimum atomic E-state index is -4.49. The second-order valence-electron chi connectivity index (χ2n) is 3.21. The van der Waals surface area contributed by atoms with Gasteiger partial charge >= 0.3 is 6.18 Å². The second-order valence-corrected chi connectivity index (χ2v) is 3.65. The van der Waals surface area contributed by atoms with Crippen molar-refractivity contribution < 1.29 is 13.2 Å². The molecular formula is C9H6ClF3N4. The third-order valence-corrected chi connectivity index (χ3v) is 2.16. The van der Waals surface area contributed by atoms with Crippen LogP contribution in [0.25, 0.3) is 5.82 Å². The summed E-state index contributed by atoms with van der Waals surface area (Å²) in [4.78, 5) is 3.82. The van der Waals surface area contributed by atoms with E-state index < -0.39 is 11.9 Å². The van der Waals surface area contributed by atoms with E-state index in [2.05, 4.69) is 10.1 Å². The van der Waals surface area contributed by atoms with E-state index in [1.165, 1.54) is 12.3 Å². The van der Waals surface area contributed by atoms with Gasteiger partial charge in [0.15, 0.2) is 11.5 Å². The van der Waals surface area contributed by atoms with Crippen LogP contribution in [0.4, 0.5) is 18.9 Å². The van der Waals surface area contributed by atoms with Gasteiger partial charge in [-0.2, -0.15) is 18.3 Å². The number of nitrogen functional groups attached to an aromatic ring is 1. The minimum absolute atomic E-state index is 0.102. The van der Waals surface area contributed by atoms with E-state index >= 15 is 0 Å². The Balaban J connectivity index is 2.44. The van der Waals surface area contributed by atoms with Crippen LogP contribution >= 0.6 is 11.6 Å². The Kier molecular flexibility index (Phi) is 2.70. The molecule has 8 heteroatoms. The van der Waals surface area contributed by atoms with Crippen molar-refractivity contribution in [1.29, 1.82) is 0 Å². The summed E-state index contributed by atoms with van der Waals surface area (Å²) in [5.74, 6) is 0.102. The highest BCUT2D eigenvalue weighted by Gasteiger charge is 2.33. The quantitative estimate of drug-likeness (QED) is 0.859. The average molecular weight is 263 g/mol. The number of halogens is 4. The van der Waals surface area contributed by atoms with Crippen LogP contribution in [0.3, 0.4) is 0 Å². The highest BCUT2D eigenvalue weighted by molar-refractivity contribution is 6.30. The van der Waals surface area contributed by atoms with Crippen LogP contribution in [0.5, 0.6) is 0 Å². The highest BCUT2D eigenvalue weighted by atomic mass is 35.5. The molecule has 17 heavy (non-hydrogen) atoms. The van der Waals surface area contributed by atoms with Gasteiger partial charge in [0.05, 0.1) is 10.7 Å². The molecule has 0 radical (unpaired) electrons. The van der Waals surface area contributed by atoms with E-state index in [1.54, 1.807) is 0 Å². The Morgan fingerprint density at radius 3 is 2.59 bits per heavy atom. The van der Waals surface area contributed by atoms with Crippen molar-refractivity contribution >= 4 is 17.3 Å². The number of aromatic nitrogens is 3. The lowest BCUT2D eigenvalue weighted by molar-refractivity contribution is -0.141. The Morgan fingerprint density at radius 2 is 2.06 bits per heavy atom. The number of alkyl halides is 3. The van der Waals surface area contributed by atoms with E-state index in [0.717, 1.165) is 16.9 Å². The van der Waals surface area contributed by atoms with Crippen molar-refractivity contribution in [2.75, 3.05) is 5.73 Å². The number of hydrogen-bond donors (Lipinski definition) is 1.